The molecule has 0 unspecified atom stereocenters. The lowest BCUT2D eigenvalue weighted by atomic mass is 10.1. The maximum atomic E-state index is 4.68. The molecule has 1 fully saturated rings. The summed E-state index contributed by atoms with van der Waals surface area (Å²) in [6.45, 7) is 6.04. The van der Waals surface area contributed by atoms with E-state index < -0.39 is 0 Å². The van der Waals surface area contributed by atoms with Crippen LogP contribution < -0.4 is 5.32 Å². The Balaban J connectivity index is 1.68. The Kier molecular flexibility index (Phi) is 4.40. The van der Waals surface area contributed by atoms with E-state index in [0.29, 0.717) is 0 Å². The summed E-state index contributed by atoms with van der Waals surface area (Å²) >= 11 is 3.41. The molecule has 1 aliphatic carbocycles. The van der Waals surface area contributed by atoms with Crippen LogP contribution in [0.2, 0.25) is 0 Å². The van der Waals surface area contributed by atoms with Gasteiger partial charge < -0.3 is 5.32 Å². The summed E-state index contributed by atoms with van der Waals surface area (Å²) in [6.07, 6.45) is 5.57. The Morgan fingerprint density at radius 1 is 1.33 bits per heavy atom. The lowest BCUT2D eigenvalue weighted by Gasteiger charge is -2.06. The van der Waals surface area contributed by atoms with Crippen LogP contribution in [0.5, 0.6) is 0 Å². The zero-order valence-electron chi connectivity index (χ0n) is 12.6. The first-order chi connectivity index (χ1) is 10.1. The van der Waals surface area contributed by atoms with Crippen molar-refractivity contribution in [2.24, 2.45) is 0 Å². The van der Waals surface area contributed by atoms with E-state index >= 15 is 0 Å². The van der Waals surface area contributed by atoms with E-state index in [9.17, 15) is 0 Å². The van der Waals surface area contributed by atoms with E-state index in [-0.39, 0.29) is 0 Å². The highest BCUT2D eigenvalue weighted by molar-refractivity contribution is 9.10. The molecule has 0 aromatic carbocycles. The molecule has 0 aliphatic heterocycles. The molecule has 112 valence electrons. The van der Waals surface area contributed by atoms with E-state index in [1.54, 1.807) is 0 Å². The number of nitrogens with zero attached hydrogens (tertiary/aromatic N) is 3. The highest BCUT2D eigenvalue weighted by Crippen LogP contribution is 2.19. The number of nitrogens with one attached hydrogen (secondary N) is 1. The standard InChI is InChI=1S/C16H21BrN4/c1-11-16(7-8-18-14-5-6-14)12(2)21(20-11)10-15-4-3-13(17)9-19-15/h3-4,9,14,18H,5-8,10H2,1-2H3. The molecule has 0 bridgehead atoms. The minimum atomic E-state index is 0.732. The molecular formula is C16H21BrN4. The van der Waals surface area contributed by atoms with Gasteiger partial charge in [-0.3, -0.25) is 9.67 Å². The fourth-order valence-corrected chi connectivity index (χ4v) is 2.83. The summed E-state index contributed by atoms with van der Waals surface area (Å²) in [6, 6.07) is 4.83. The van der Waals surface area contributed by atoms with Crippen molar-refractivity contribution >= 4 is 15.9 Å². The van der Waals surface area contributed by atoms with Gasteiger partial charge in [0.2, 0.25) is 0 Å². The van der Waals surface area contributed by atoms with Crippen LogP contribution >= 0.6 is 15.9 Å². The van der Waals surface area contributed by atoms with Crippen molar-refractivity contribution in [1.29, 1.82) is 0 Å². The van der Waals surface area contributed by atoms with Gasteiger partial charge in [0.05, 0.1) is 17.9 Å². The van der Waals surface area contributed by atoms with Gasteiger partial charge in [-0.15, -0.1) is 0 Å². The first-order valence-corrected chi connectivity index (χ1v) is 8.29. The van der Waals surface area contributed by atoms with Crippen LogP contribution in [0.3, 0.4) is 0 Å². The SMILES string of the molecule is Cc1nn(Cc2ccc(Br)cn2)c(C)c1CCNC1CC1. The van der Waals surface area contributed by atoms with Gasteiger partial charge in [-0.05, 0) is 73.3 Å². The first kappa shape index (κ1) is 14.7. The topological polar surface area (TPSA) is 42.7 Å². The zero-order chi connectivity index (χ0) is 14.8. The smallest absolute Gasteiger partial charge is 0.0834 e. The molecule has 1 N–H and O–H groups in total. The van der Waals surface area contributed by atoms with Crippen molar-refractivity contribution in [2.75, 3.05) is 6.54 Å². The molecule has 0 atom stereocenters. The molecule has 5 heteroatoms. The van der Waals surface area contributed by atoms with Gasteiger partial charge in [0.15, 0.2) is 0 Å². The first-order valence-electron chi connectivity index (χ1n) is 7.50. The Bertz CT molecular complexity index is 614. The molecule has 2 aromatic heterocycles. The van der Waals surface area contributed by atoms with E-state index in [4.69, 9.17) is 0 Å². The van der Waals surface area contributed by atoms with Crippen LogP contribution in [0.15, 0.2) is 22.8 Å². The Hall–Kier alpha value is -1.20. The number of pyridine rings is 1. The fraction of sp³-hybridized carbons (Fsp3) is 0.500. The van der Waals surface area contributed by atoms with Crippen molar-refractivity contribution in [3.05, 3.63) is 45.4 Å². The predicted octanol–water partition coefficient (Wildman–Crippen LogP) is 3.00. The zero-order valence-corrected chi connectivity index (χ0v) is 14.2. The van der Waals surface area contributed by atoms with E-state index in [1.165, 1.54) is 24.1 Å². The van der Waals surface area contributed by atoms with Gasteiger partial charge in [-0.25, -0.2) is 0 Å². The minimum Gasteiger partial charge on any atom is -0.314 e. The van der Waals surface area contributed by atoms with Gasteiger partial charge in [0.1, 0.15) is 0 Å². The van der Waals surface area contributed by atoms with Crippen molar-refractivity contribution in [3.63, 3.8) is 0 Å². The number of aromatic nitrogens is 3. The fourth-order valence-electron chi connectivity index (χ4n) is 2.59. The van der Waals surface area contributed by atoms with Gasteiger partial charge in [0, 0.05) is 22.4 Å². The van der Waals surface area contributed by atoms with Gasteiger partial charge in [-0.2, -0.15) is 5.10 Å². The Labute approximate surface area is 134 Å². The molecule has 0 saturated heterocycles. The third kappa shape index (κ3) is 3.71. The molecule has 0 spiro atoms. The second-order valence-electron chi connectivity index (χ2n) is 5.75. The molecule has 2 aromatic rings. The average molecular weight is 349 g/mol. The van der Waals surface area contributed by atoms with Crippen molar-refractivity contribution < 1.29 is 0 Å². The molecule has 4 nitrogen and oxygen atoms in total. The van der Waals surface area contributed by atoms with Crippen LogP contribution in [0.4, 0.5) is 0 Å². The Morgan fingerprint density at radius 3 is 2.81 bits per heavy atom. The molecule has 0 amide bonds. The minimum absolute atomic E-state index is 0.732. The number of hydrogen-bond donors (Lipinski definition) is 1. The summed E-state index contributed by atoms with van der Waals surface area (Å²) in [5.74, 6) is 0. The van der Waals surface area contributed by atoms with Crippen LogP contribution in [0.25, 0.3) is 0 Å². The molecule has 21 heavy (non-hydrogen) atoms. The average Bonchev–Trinajstić information content (AvgIpc) is 3.24. The summed E-state index contributed by atoms with van der Waals surface area (Å²) in [5.41, 5.74) is 4.81. The summed E-state index contributed by atoms with van der Waals surface area (Å²) in [4.78, 5) is 4.43. The normalized spacial score (nSPS) is 14.6. The number of halogens is 1. The summed E-state index contributed by atoms with van der Waals surface area (Å²) in [7, 11) is 0. The molecule has 1 saturated carbocycles. The molecule has 3 rings (SSSR count). The third-order valence-corrected chi connectivity index (χ3v) is 4.49. The van der Waals surface area contributed by atoms with Crippen LogP contribution in [-0.2, 0) is 13.0 Å². The summed E-state index contributed by atoms with van der Waals surface area (Å²) in [5, 5.41) is 8.25. The van der Waals surface area contributed by atoms with Crippen LogP contribution in [-0.4, -0.2) is 27.4 Å². The number of rotatable bonds is 6. The van der Waals surface area contributed by atoms with Crippen LogP contribution in [0.1, 0.15) is 35.5 Å². The second-order valence-corrected chi connectivity index (χ2v) is 6.67. The largest absolute Gasteiger partial charge is 0.314 e. The maximum Gasteiger partial charge on any atom is 0.0834 e. The highest BCUT2D eigenvalue weighted by Gasteiger charge is 2.20. The quantitative estimate of drug-likeness (QED) is 0.872. The molecular weight excluding hydrogens is 328 g/mol. The van der Waals surface area contributed by atoms with Crippen molar-refractivity contribution in [3.8, 4) is 0 Å². The van der Waals surface area contributed by atoms with E-state index in [0.717, 1.165) is 41.4 Å². The third-order valence-electron chi connectivity index (χ3n) is 4.02. The van der Waals surface area contributed by atoms with Crippen molar-refractivity contribution in [1.82, 2.24) is 20.1 Å². The van der Waals surface area contributed by atoms with Gasteiger partial charge in [-0.1, -0.05) is 0 Å². The van der Waals surface area contributed by atoms with Crippen molar-refractivity contribution in [2.45, 2.75) is 45.7 Å². The Morgan fingerprint density at radius 2 is 2.14 bits per heavy atom. The van der Waals surface area contributed by atoms with E-state index in [1.807, 2.05) is 18.3 Å². The number of aryl methyl sites for hydroxylation is 1. The molecule has 2 heterocycles. The van der Waals surface area contributed by atoms with Gasteiger partial charge in [0.25, 0.3) is 0 Å². The maximum absolute atomic E-state index is 4.68. The lowest BCUT2D eigenvalue weighted by molar-refractivity contribution is 0.643. The van der Waals surface area contributed by atoms with Gasteiger partial charge >= 0.3 is 0 Å². The predicted molar refractivity (Wildman–Crippen MR) is 87.5 cm³/mol. The lowest BCUT2D eigenvalue weighted by Crippen LogP contribution is -2.19. The molecule has 1 aliphatic rings. The highest BCUT2D eigenvalue weighted by atomic mass is 79.9. The number of hydrogen-bond acceptors (Lipinski definition) is 3. The second kappa shape index (κ2) is 6.28. The monoisotopic (exact) mass is 348 g/mol. The molecule has 0 radical (unpaired) electrons. The van der Waals surface area contributed by atoms with Crippen LogP contribution in [0, 0.1) is 13.8 Å². The van der Waals surface area contributed by atoms with E-state index in [2.05, 4.69) is 49.9 Å². The summed E-state index contributed by atoms with van der Waals surface area (Å²) < 4.78 is 3.07.